The van der Waals surface area contributed by atoms with Crippen LogP contribution in [0, 0.1) is 11.6 Å². The zero-order valence-corrected chi connectivity index (χ0v) is 11.8. The fraction of sp³-hybridized carbons (Fsp3) is 0.200. The molecule has 1 unspecified atom stereocenters. The van der Waals surface area contributed by atoms with E-state index in [9.17, 15) is 8.78 Å². The highest BCUT2D eigenvalue weighted by Gasteiger charge is 2.21. The summed E-state index contributed by atoms with van der Waals surface area (Å²) in [6.45, 7) is 0.628. The molecule has 2 aromatic carbocycles. The van der Waals surface area contributed by atoms with Crippen molar-refractivity contribution in [3.05, 3.63) is 63.7 Å². The molecule has 1 aliphatic heterocycles. The summed E-state index contributed by atoms with van der Waals surface area (Å²) < 4.78 is 33.1. The lowest BCUT2D eigenvalue weighted by Crippen LogP contribution is -2.29. The van der Waals surface area contributed by atoms with Gasteiger partial charge in [0.25, 0.3) is 0 Å². The lowest BCUT2D eigenvalue weighted by molar-refractivity contribution is 0.357. The summed E-state index contributed by atoms with van der Waals surface area (Å²) in [5.41, 5.74) is 4.40. The number of nitrogens with two attached hydrogens (primary N) is 1. The second kappa shape index (κ2) is 5.60. The van der Waals surface area contributed by atoms with Crippen LogP contribution in [0.2, 0.25) is 5.02 Å². The zero-order valence-electron chi connectivity index (χ0n) is 11.0. The summed E-state index contributed by atoms with van der Waals surface area (Å²) in [7, 11) is 0. The number of halogens is 3. The van der Waals surface area contributed by atoms with Crippen LogP contribution in [0.15, 0.2) is 30.3 Å². The third kappa shape index (κ3) is 2.60. The Morgan fingerprint density at radius 3 is 2.76 bits per heavy atom. The Bertz CT molecular complexity index is 694. The molecule has 1 heterocycles. The largest absolute Gasteiger partial charge is 0.493 e. The van der Waals surface area contributed by atoms with Gasteiger partial charge in [0, 0.05) is 12.0 Å². The second-order valence-electron chi connectivity index (χ2n) is 4.85. The predicted molar refractivity (Wildman–Crippen MR) is 76.2 cm³/mol. The van der Waals surface area contributed by atoms with Crippen molar-refractivity contribution in [3.63, 3.8) is 0 Å². The van der Waals surface area contributed by atoms with Crippen LogP contribution in [0.25, 0.3) is 0 Å². The zero-order chi connectivity index (χ0) is 15.0. The minimum Gasteiger partial charge on any atom is -0.493 e. The smallest absolute Gasteiger partial charge is 0.142 e. The van der Waals surface area contributed by atoms with Gasteiger partial charge in [-0.25, -0.2) is 14.2 Å². The van der Waals surface area contributed by atoms with Gasteiger partial charge in [-0.1, -0.05) is 23.7 Å². The molecular weight excluding hydrogens is 298 g/mol. The summed E-state index contributed by atoms with van der Waals surface area (Å²) in [5.74, 6) is 5.06. The highest BCUT2D eigenvalue weighted by molar-refractivity contribution is 6.30. The summed E-state index contributed by atoms with van der Waals surface area (Å²) >= 11 is 5.57. The summed E-state index contributed by atoms with van der Waals surface area (Å²) in [5, 5.41) is -0.255. The van der Waals surface area contributed by atoms with Crippen LogP contribution in [-0.4, -0.2) is 6.61 Å². The predicted octanol–water partition coefficient (Wildman–Crippen LogP) is 3.11. The average molecular weight is 311 g/mol. The molecule has 3 N–H and O–H groups in total. The normalized spacial score (nSPS) is 14.7. The monoisotopic (exact) mass is 310 g/mol. The van der Waals surface area contributed by atoms with E-state index in [2.05, 4.69) is 5.43 Å². The van der Waals surface area contributed by atoms with Gasteiger partial charge in [0.1, 0.15) is 17.4 Å². The van der Waals surface area contributed by atoms with Crippen molar-refractivity contribution >= 4 is 11.6 Å². The first-order valence-electron chi connectivity index (χ1n) is 6.46. The van der Waals surface area contributed by atoms with Crippen LogP contribution >= 0.6 is 11.6 Å². The molecule has 21 heavy (non-hydrogen) atoms. The summed E-state index contributed by atoms with van der Waals surface area (Å²) in [4.78, 5) is 0. The lowest BCUT2D eigenvalue weighted by Gasteiger charge is -2.18. The van der Waals surface area contributed by atoms with Crippen molar-refractivity contribution in [3.8, 4) is 5.75 Å². The number of fused-ring (bicyclic) bond motifs is 1. The topological polar surface area (TPSA) is 47.3 Å². The molecule has 3 nitrogen and oxygen atoms in total. The number of rotatable bonds is 3. The molecule has 6 heteroatoms. The van der Waals surface area contributed by atoms with Gasteiger partial charge in [-0.15, -0.1) is 0 Å². The summed E-state index contributed by atoms with van der Waals surface area (Å²) in [6, 6.07) is 6.83. The molecule has 0 amide bonds. The minimum absolute atomic E-state index is 0.110. The number of hydrogen-bond donors (Lipinski definition) is 2. The van der Waals surface area contributed by atoms with E-state index in [1.165, 1.54) is 0 Å². The van der Waals surface area contributed by atoms with E-state index in [0.717, 1.165) is 35.4 Å². The molecule has 1 aliphatic rings. The van der Waals surface area contributed by atoms with Gasteiger partial charge in [-0.3, -0.25) is 5.84 Å². The molecule has 0 radical (unpaired) electrons. The van der Waals surface area contributed by atoms with Gasteiger partial charge in [0.05, 0.1) is 17.7 Å². The standard InChI is InChI=1S/C15H13ClF2N2O/c16-11-7-12(17)10(6-13(11)18)15(20-19)9-1-2-14-8(5-9)3-4-21-14/h1-2,5-7,15,20H,3-4,19H2. The van der Waals surface area contributed by atoms with E-state index in [1.807, 2.05) is 12.1 Å². The fourth-order valence-electron chi connectivity index (χ4n) is 2.51. The van der Waals surface area contributed by atoms with Gasteiger partial charge in [-0.05, 0) is 29.3 Å². The number of ether oxygens (including phenoxy) is 1. The third-order valence-corrected chi connectivity index (χ3v) is 3.85. The Hall–Kier alpha value is -1.69. The Labute approximate surface area is 125 Å². The first-order chi connectivity index (χ1) is 10.1. The molecule has 0 aromatic heterocycles. The van der Waals surface area contributed by atoms with Crippen LogP contribution in [0.5, 0.6) is 5.75 Å². The molecular formula is C15H13ClF2N2O. The molecule has 0 aliphatic carbocycles. The third-order valence-electron chi connectivity index (χ3n) is 3.56. The molecule has 0 fully saturated rings. The number of hydrazine groups is 1. The van der Waals surface area contributed by atoms with Gasteiger partial charge < -0.3 is 4.74 Å². The number of nitrogens with one attached hydrogen (secondary N) is 1. The fourth-order valence-corrected chi connectivity index (χ4v) is 2.66. The SMILES string of the molecule is NNC(c1ccc2c(c1)CCO2)c1cc(F)c(Cl)cc1F. The Morgan fingerprint density at radius 1 is 1.19 bits per heavy atom. The molecule has 3 rings (SSSR count). The van der Waals surface area contributed by atoms with Gasteiger partial charge in [0.15, 0.2) is 0 Å². The van der Waals surface area contributed by atoms with E-state index in [1.54, 1.807) is 6.07 Å². The van der Waals surface area contributed by atoms with E-state index in [0.29, 0.717) is 6.61 Å². The number of hydrogen-bond acceptors (Lipinski definition) is 3. The van der Waals surface area contributed by atoms with Crippen LogP contribution in [0.4, 0.5) is 8.78 Å². The van der Waals surface area contributed by atoms with Crippen LogP contribution in [0.3, 0.4) is 0 Å². The van der Waals surface area contributed by atoms with Crippen LogP contribution in [-0.2, 0) is 6.42 Å². The molecule has 2 aromatic rings. The van der Waals surface area contributed by atoms with Crippen molar-refractivity contribution < 1.29 is 13.5 Å². The van der Waals surface area contributed by atoms with E-state index in [-0.39, 0.29) is 10.6 Å². The Balaban J connectivity index is 2.04. The maximum absolute atomic E-state index is 14.1. The first-order valence-corrected chi connectivity index (χ1v) is 6.84. The van der Waals surface area contributed by atoms with Crippen molar-refractivity contribution in [2.75, 3.05) is 6.61 Å². The summed E-state index contributed by atoms with van der Waals surface area (Å²) in [6.07, 6.45) is 0.790. The van der Waals surface area contributed by atoms with Gasteiger partial charge >= 0.3 is 0 Å². The minimum atomic E-state index is -0.683. The second-order valence-corrected chi connectivity index (χ2v) is 5.26. The van der Waals surface area contributed by atoms with Crippen LogP contribution < -0.4 is 16.0 Å². The van der Waals surface area contributed by atoms with Crippen molar-refractivity contribution in [1.82, 2.24) is 5.43 Å². The lowest BCUT2D eigenvalue weighted by atomic mass is 9.96. The van der Waals surface area contributed by atoms with E-state index < -0.39 is 17.7 Å². The molecule has 0 bridgehead atoms. The molecule has 0 saturated carbocycles. The van der Waals surface area contributed by atoms with Crippen LogP contribution in [0.1, 0.15) is 22.7 Å². The molecule has 1 atom stereocenters. The maximum Gasteiger partial charge on any atom is 0.142 e. The Morgan fingerprint density at radius 2 is 2.00 bits per heavy atom. The van der Waals surface area contributed by atoms with E-state index in [4.69, 9.17) is 22.2 Å². The number of benzene rings is 2. The average Bonchev–Trinajstić information content (AvgIpc) is 2.92. The molecule has 110 valence electrons. The highest BCUT2D eigenvalue weighted by Crippen LogP contribution is 2.32. The van der Waals surface area contributed by atoms with Crippen molar-refractivity contribution in [2.24, 2.45) is 5.84 Å². The maximum atomic E-state index is 14.1. The van der Waals surface area contributed by atoms with E-state index >= 15 is 0 Å². The van der Waals surface area contributed by atoms with Gasteiger partial charge in [0.2, 0.25) is 0 Å². The van der Waals surface area contributed by atoms with Crippen molar-refractivity contribution in [1.29, 1.82) is 0 Å². The Kier molecular flexibility index (Phi) is 3.80. The first kappa shape index (κ1) is 14.3. The highest BCUT2D eigenvalue weighted by atomic mass is 35.5. The quantitative estimate of drug-likeness (QED) is 0.520. The van der Waals surface area contributed by atoms with Crippen molar-refractivity contribution in [2.45, 2.75) is 12.5 Å². The van der Waals surface area contributed by atoms with Gasteiger partial charge in [-0.2, -0.15) is 0 Å². The molecule has 0 saturated heterocycles. The molecule has 0 spiro atoms.